The van der Waals surface area contributed by atoms with Crippen molar-refractivity contribution in [2.45, 2.75) is 18.7 Å². The van der Waals surface area contributed by atoms with Crippen molar-refractivity contribution in [1.29, 1.82) is 0 Å². The van der Waals surface area contributed by atoms with Crippen molar-refractivity contribution >= 4 is 27.3 Å². The zero-order valence-electron chi connectivity index (χ0n) is 19.6. The van der Waals surface area contributed by atoms with Crippen molar-refractivity contribution in [3.8, 4) is 5.75 Å². The molecule has 2 fully saturated rings. The normalized spacial score (nSPS) is 17.4. The second kappa shape index (κ2) is 10.7. The van der Waals surface area contributed by atoms with Crippen molar-refractivity contribution in [1.82, 2.24) is 4.31 Å². The number of hydrogen-bond donors (Lipinski definition) is 1. The van der Waals surface area contributed by atoms with Gasteiger partial charge in [-0.1, -0.05) is 17.7 Å². The first-order valence-electron chi connectivity index (χ1n) is 11.4. The Morgan fingerprint density at radius 2 is 1.65 bits per heavy atom. The van der Waals surface area contributed by atoms with E-state index >= 15 is 0 Å². The highest BCUT2D eigenvalue weighted by molar-refractivity contribution is 7.89. The van der Waals surface area contributed by atoms with Gasteiger partial charge in [0, 0.05) is 26.2 Å². The number of rotatable bonds is 7. The van der Waals surface area contributed by atoms with Gasteiger partial charge in [-0.25, -0.2) is 8.42 Å². The number of nitrogens with one attached hydrogen (secondary N) is 1. The van der Waals surface area contributed by atoms with E-state index in [1.165, 1.54) is 10.4 Å². The number of hydrogen-bond acceptors (Lipinski definition) is 7. The van der Waals surface area contributed by atoms with Gasteiger partial charge in [-0.3, -0.25) is 4.79 Å². The van der Waals surface area contributed by atoms with Gasteiger partial charge in [0.05, 0.1) is 42.7 Å². The summed E-state index contributed by atoms with van der Waals surface area (Å²) < 4.78 is 44.2. The third kappa shape index (κ3) is 5.69. The van der Waals surface area contributed by atoms with Crippen LogP contribution in [0.1, 0.15) is 11.1 Å². The summed E-state index contributed by atoms with van der Waals surface area (Å²) in [5, 5.41) is 2.87. The Morgan fingerprint density at radius 1 is 0.971 bits per heavy atom. The van der Waals surface area contributed by atoms with Crippen LogP contribution < -0.4 is 15.0 Å². The SMILES string of the molecule is Cc1ccc(OCC(=O)Nc2cc(S(=O)(=O)N3CCOCC3)ccc2N2CCOCC2)c(C)c1. The summed E-state index contributed by atoms with van der Waals surface area (Å²) in [5.74, 6) is 0.271. The first kappa shape index (κ1) is 24.5. The van der Waals surface area contributed by atoms with E-state index in [0.717, 1.165) is 16.8 Å². The fourth-order valence-corrected chi connectivity index (χ4v) is 5.52. The number of morpholine rings is 2. The predicted octanol–water partition coefficient (Wildman–Crippen LogP) is 2.18. The molecule has 2 saturated heterocycles. The maximum Gasteiger partial charge on any atom is 0.262 e. The van der Waals surface area contributed by atoms with Crippen LogP contribution in [0, 0.1) is 13.8 Å². The molecule has 0 atom stereocenters. The number of anilines is 2. The highest BCUT2D eigenvalue weighted by Crippen LogP contribution is 2.31. The topological polar surface area (TPSA) is 97.4 Å². The Labute approximate surface area is 200 Å². The molecular formula is C24H31N3O6S. The Kier molecular flexibility index (Phi) is 7.72. The molecule has 4 rings (SSSR count). The number of amides is 1. The Morgan fingerprint density at radius 3 is 2.32 bits per heavy atom. The highest BCUT2D eigenvalue weighted by atomic mass is 32.2. The Bertz CT molecular complexity index is 1130. The van der Waals surface area contributed by atoms with Crippen molar-refractivity contribution in [2.75, 3.05) is 69.4 Å². The molecule has 2 aromatic carbocycles. The molecule has 0 unspecified atom stereocenters. The molecule has 2 heterocycles. The minimum absolute atomic E-state index is 0.136. The summed E-state index contributed by atoms with van der Waals surface area (Å²) in [6.07, 6.45) is 0. The highest BCUT2D eigenvalue weighted by Gasteiger charge is 2.28. The Balaban J connectivity index is 1.56. The largest absolute Gasteiger partial charge is 0.483 e. The minimum atomic E-state index is -3.71. The summed E-state index contributed by atoms with van der Waals surface area (Å²) in [6.45, 7) is 7.51. The maximum atomic E-state index is 13.2. The van der Waals surface area contributed by atoms with Crippen LogP contribution in [0.2, 0.25) is 0 Å². The van der Waals surface area contributed by atoms with Crippen LogP contribution in [0.3, 0.4) is 0 Å². The van der Waals surface area contributed by atoms with Crippen LogP contribution in [0.4, 0.5) is 11.4 Å². The van der Waals surface area contributed by atoms with Gasteiger partial charge in [0.2, 0.25) is 10.0 Å². The summed E-state index contributed by atoms with van der Waals surface area (Å²) in [6, 6.07) is 10.6. The van der Waals surface area contributed by atoms with Crippen LogP contribution >= 0.6 is 0 Å². The van der Waals surface area contributed by atoms with Crippen molar-refractivity contribution < 1.29 is 27.4 Å². The van der Waals surface area contributed by atoms with E-state index in [-0.39, 0.29) is 17.4 Å². The minimum Gasteiger partial charge on any atom is -0.483 e. The molecule has 1 amide bonds. The number of benzene rings is 2. The molecule has 0 radical (unpaired) electrons. The van der Waals surface area contributed by atoms with E-state index in [2.05, 4.69) is 10.2 Å². The van der Waals surface area contributed by atoms with E-state index in [1.807, 2.05) is 32.0 Å². The van der Waals surface area contributed by atoms with E-state index in [0.29, 0.717) is 64.0 Å². The molecule has 2 aliphatic rings. The fraction of sp³-hybridized carbons (Fsp3) is 0.458. The lowest BCUT2D eigenvalue weighted by Gasteiger charge is -2.31. The lowest BCUT2D eigenvalue weighted by atomic mass is 10.1. The third-order valence-electron chi connectivity index (χ3n) is 5.89. The second-order valence-electron chi connectivity index (χ2n) is 8.40. The van der Waals surface area contributed by atoms with E-state index in [4.69, 9.17) is 14.2 Å². The lowest BCUT2D eigenvalue weighted by molar-refractivity contribution is -0.118. The van der Waals surface area contributed by atoms with Crippen LogP contribution in [-0.4, -0.2) is 77.8 Å². The molecule has 0 spiro atoms. The van der Waals surface area contributed by atoms with Gasteiger partial charge >= 0.3 is 0 Å². The zero-order chi connectivity index (χ0) is 24.1. The van der Waals surface area contributed by atoms with Crippen LogP contribution in [0.25, 0.3) is 0 Å². The number of sulfonamides is 1. The molecule has 0 bridgehead atoms. The number of carbonyl (C=O) groups excluding carboxylic acids is 1. The van der Waals surface area contributed by atoms with Gasteiger partial charge in [0.15, 0.2) is 6.61 Å². The average molecular weight is 490 g/mol. The zero-order valence-corrected chi connectivity index (χ0v) is 20.4. The summed E-state index contributed by atoms with van der Waals surface area (Å²) in [5.41, 5.74) is 3.25. The fourth-order valence-electron chi connectivity index (χ4n) is 4.08. The average Bonchev–Trinajstić information content (AvgIpc) is 2.84. The standard InChI is InChI=1S/C24H31N3O6S/c1-18-3-6-23(19(2)15-18)33-17-24(28)25-21-16-20(34(29,30)27-9-13-32-14-10-27)4-5-22(21)26-7-11-31-12-8-26/h3-6,15-16H,7-14,17H2,1-2H3,(H,25,28). The summed E-state index contributed by atoms with van der Waals surface area (Å²) in [4.78, 5) is 15.0. The molecule has 9 nitrogen and oxygen atoms in total. The molecule has 0 saturated carbocycles. The van der Waals surface area contributed by atoms with Crippen LogP contribution in [0.5, 0.6) is 5.75 Å². The van der Waals surface area contributed by atoms with E-state index in [9.17, 15) is 13.2 Å². The molecule has 184 valence electrons. The smallest absolute Gasteiger partial charge is 0.262 e. The molecule has 0 aliphatic carbocycles. The van der Waals surface area contributed by atoms with Gasteiger partial charge in [-0.2, -0.15) is 4.31 Å². The Hall–Kier alpha value is -2.66. The van der Waals surface area contributed by atoms with Gasteiger partial charge < -0.3 is 24.4 Å². The van der Waals surface area contributed by atoms with Gasteiger partial charge in [-0.15, -0.1) is 0 Å². The van der Waals surface area contributed by atoms with E-state index < -0.39 is 10.0 Å². The maximum absolute atomic E-state index is 13.2. The predicted molar refractivity (Wildman–Crippen MR) is 129 cm³/mol. The summed E-state index contributed by atoms with van der Waals surface area (Å²) in [7, 11) is -3.71. The molecule has 2 aromatic rings. The molecule has 34 heavy (non-hydrogen) atoms. The van der Waals surface area contributed by atoms with Crippen molar-refractivity contribution in [3.63, 3.8) is 0 Å². The van der Waals surface area contributed by atoms with Gasteiger partial charge in [0.25, 0.3) is 5.91 Å². The summed E-state index contributed by atoms with van der Waals surface area (Å²) >= 11 is 0. The van der Waals surface area contributed by atoms with Crippen LogP contribution in [-0.2, 0) is 24.3 Å². The number of aryl methyl sites for hydroxylation is 2. The monoisotopic (exact) mass is 489 g/mol. The molecule has 1 N–H and O–H groups in total. The number of carbonyl (C=O) groups is 1. The number of nitrogens with zero attached hydrogens (tertiary/aromatic N) is 2. The molecule has 0 aromatic heterocycles. The van der Waals surface area contributed by atoms with E-state index in [1.54, 1.807) is 12.1 Å². The van der Waals surface area contributed by atoms with Gasteiger partial charge in [-0.05, 0) is 43.7 Å². The second-order valence-corrected chi connectivity index (χ2v) is 10.3. The van der Waals surface area contributed by atoms with Gasteiger partial charge in [0.1, 0.15) is 5.75 Å². The van der Waals surface area contributed by atoms with Crippen molar-refractivity contribution in [2.24, 2.45) is 0 Å². The lowest BCUT2D eigenvalue weighted by Crippen LogP contribution is -2.40. The first-order chi connectivity index (χ1) is 16.3. The molecular weight excluding hydrogens is 458 g/mol. The molecule has 10 heteroatoms. The number of ether oxygens (including phenoxy) is 3. The molecule has 2 aliphatic heterocycles. The van der Waals surface area contributed by atoms with Crippen LogP contribution in [0.15, 0.2) is 41.3 Å². The third-order valence-corrected chi connectivity index (χ3v) is 7.79. The quantitative estimate of drug-likeness (QED) is 0.637. The first-order valence-corrected chi connectivity index (χ1v) is 12.8. The van der Waals surface area contributed by atoms with Crippen molar-refractivity contribution in [3.05, 3.63) is 47.5 Å².